The van der Waals surface area contributed by atoms with E-state index in [1.165, 1.54) is 0 Å². The van der Waals surface area contributed by atoms with Crippen molar-refractivity contribution in [3.05, 3.63) is 33.8 Å². The quantitative estimate of drug-likeness (QED) is 0.850. The van der Waals surface area contributed by atoms with Gasteiger partial charge in [-0.3, -0.25) is 4.79 Å². The zero-order valence-corrected chi connectivity index (χ0v) is 11.1. The maximum atomic E-state index is 14.1. The second-order valence-electron chi connectivity index (χ2n) is 4.31. The highest BCUT2D eigenvalue weighted by atomic mass is 79.9. The van der Waals surface area contributed by atoms with Crippen molar-refractivity contribution in [2.24, 2.45) is 5.73 Å². The van der Waals surface area contributed by atoms with Gasteiger partial charge >= 0.3 is 0 Å². The van der Waals surface area contributed by atoms with Gasteiger partial charge in [0.2, 0.25) is 5.91 Å². The Balaban J connectivity index is 2.59. The molecule has 1 aromatic carbocycles. The van der Waals surface area contributed by atoms with Gasteiger partial charge < -0.3 is 10.5 Å². The summed E-state index contributed by atoms with van der Waals surface area (Å²) in [4.78, 5) is 11.7. The van der Waals surface area contributed by atoms with Crippen molar-refractivity contribution in [2.75, 3.05) is 13.2 Å². The molecule has 1 heterocycles. The first-order valence-electron chi connectivity index (χ1n) is 5.50. The number of amides is 1. The molecule has 98 valence electrons. The topological polar surface area (TPSA) is 52.3 Å². The first-order chi connectivity index (χ1) is 8.47. The highest BCUT2D eigenvalue weighted by Gasteiger charge is 2.42. The molecule has 0 bridgehead atoms. The summed E-state index contributed by atoms with van der Waals surface area (Å²) < 4.78 is 32.7. The SMILES string of the molecule is NC(=O)C1(c2cc(F)cc(Br)c2F)CCOCC1. The Bertz CT molecular complexity index is 487. The van der Waals surface area contributed by atoms with Gasteiger partial charge in [-0.05, 0) is 40.9 Å². The van der Waals surface area contributed by atoms with Crippen LogP contribution >= 0.6 is 15.9 Å². The van der Waals surface area contributed by atoms with E-state index in [-0.39, 0.29) is 22.9 Å². The van der Waals surface area contributed by atoms with Gasteiger partial charge in [0, 0.05) is 18.8 Å². The van der Waals surface area contributed by atoms with Crippen LogP contribution in [0.4, 0.5) is 8.78 Å². The Labute approximate surface area is 111 Å². The van der Waals surface area contributed by atoms with Crippen LogP contribution < -0.4 is 5.73 Å². The molecule has 1 aromatic rings. The number of halogens is 3. The third kappa shape index (κ3) is 2.14. The van der Waals surface area contributed by atoms with Crippen molar-refractivity contribution in [3.8, 4) is 0 Å². The van der Waals surface area contributed by atoms with Gasteiger partial charge in [0.05, 0.1) is 9.89 Å². The summed E-state index contributed by atoms with van der Waals surface area (Å²) in [6.45, 7) is 0.604. The van der Waals surface area contributed by atoms with E-state index in [2.05, 4.69) is 15.9 Å². The second kappa shape index (κ2) is 4.93. The fourth-order valence-electron chi connectivity index (χ4n) is 2.27. The van der Waals surface area contributed by atoms with E-state index in [1.807, 2.05) is 0 Å². The molecule has 0 unspecified atom stereocenters. The predicted molar refractivity (Wildman–Crippen MR) is 65.0 cm³/mol. The molecule has 18 heavy (non-hydrogen) atoms. The van der Waals surface area contributed by atoms with Gasteiger partial charge in [0.1, 0.15) is 11.6 Å². The Morgan fingerprint density at radius 1 is 1.33 bits per heavy atom. The molecular weight excluding hydrogens is 308 g/mol. The third-order valence-electron chi connectivity index (χ3n) is 3.33. The van der Waals surface area contributed by atoms with Crippen LogP contribution in [0.2, 0.25) is 0 Å². The number of nitrogens with two attached hydrogens (primary N) is 1. The zero-order valence-electron chi connectivity index (χ0n) is 9.51. The van der Waals surface area contributed by atoms with E-state index < -0.39 is 23.0 Å². The van der Waals surface area contributed by atoms with Crippen molar-refractivity contribution < 1.29 is 18.3 Å². The van der Waals surface area contributed by atoms with Gasteiger partial charge in [-0.2, -0.15) is 0 Å². The summed E-state index contributed by atoms with van der Waals surface area (Å²) in [5.41, 5.74) is 4.22. The number of carbonyl (C=O) groups is 1. The monoisotopic (exact) mass is 319 g/mol. The normalized spacial score (nSPS) is 18.6. The third-order valence-corrected chi connectivity index (χ3v) is 3.90. The summed E-state index contributed by atoms with van der Waals surface area (Å²) in [6.07, 6.45) is 0.518. The molecule has 0 aliphatic carbocycles. The first-order valence-corrected chi connectivity index (χ1v) is 6.29. The molecule has 2 N–H and O–H groups in total. The lowest BCUT2D eigenvalue weighted by molar-refractivity contribution is -0.127. The first kappa shape index (κ1) is 13.4. The van der Waals surface area contributed by atoms with Crippen molar-refractivity contribution in [3.63, 3.8) is 0 Å². The molecule has 1 aliphatic heterocycles. The van der Waals surface area contributed by atoms with E-state index >= 15 is 0 Å². The van der Waals surface area contributed by atoms with Gasteiger partial charge in [-0.1, -0.05) is 0 Å². The van der Waals surface area contributed by atoms with Gasteiger partial charge in [0.25, 0.3) is 0 Å². The molecule has 0 radical (unpaired) electrons. The largest absolute Gasteiger partial charge is 0.381 e. The van der Waals surface area contributed by atoms with E-state index in [0.717, 1.165) is 12.1 Å². The zero-order chi connectivity index (χ0) is 13.3. The minimum absolute atomic E-state index is 0.00479. The summed E-state index contributed by atoms with van der Waals surface area (Å²) >= 11 is 2.94. The molecular formula is C12H12BrF2NO2. The second-order valence-corrected chi connectivity index (χ2v) is 5.16. The summed E-state index contributed by atoms with van der Waals surface area (Å²) in [6, 6.07) is 2.06. The van der Waals surface area contributed by atoms with Crippen molar-refractivity contribution in [1.82, 2.24) is 0 Å². The van der Waals surface area contributed by atoms with Crippen LogP contribution in [-0.4, -0.2) is 19.1 Å². The van der Waals surface area contributed by atoms with Gasteiger partial charge in [-0.15, -0.1) is 0 Å². The lowest BCUT2D eigenvalue weighted by atomic mass is 9.73. The lowest BCUT2D eigenvalue weighted by Gasteiger charge is -2.35. The average Bonchev–Trinajstić information content (AvgIpc) is 2.34. The maximum absolute atomic E-state index is 14.1. The van der Waals surface area contributed by atoms with Crippen LogP contribution in [0.5, 0.6) is 0 Å². The van der Waals surface area contributed by atoms with Crippen LogP contribution in [-0.2, 0) is 14.9 Å². The van der Waals surface area contributed by atoms with Crippen LogP contribution in [0.3, 0.4) is 0 Å². The fourth-order valence-corrected chi connectivity index (χ4v) is 2.70. The van der Waals surface area contributed by atoms with Crippen LogP contribution in [0, 0.1) is 11.6 Å². The summed E-state index contributed by atoms with van der Waals surface area (Å²) in [5, 5.41) is 0. The molecule has 0 aromatic heterocycles. The van der Waals surface area contributed by atoms with Crippen LogP contribution in [0.15, 0.2) is 16.6 Å². The molecule has 6 heteroatoms. The summed E-state index contributed by atoms with van der Waals surface area (Å²) in [7, 11) is 0. The van der Waals surface area contributed by atoms with E-state index in [1.54, 1.807) is 0 Å². The number of ether oxygens (including phenoxy) is 1. The van der Waals surface area contributed by atoms with E-state index in [0.29, 0.717) is 13.2 Å². The molecule has 1 fully saturated rings. The predicted octanol–water partition coefficient (Wildman–Crippen LogP) is 2.26. The Kier molecular flexibility index (Phi) is 3.68. The van der Waals surface area contributed by atoms with Crippen molar-refractivity contribution in [2.45, 2.75) is 18.3 Å². The van der Waals surface area contributed by atoms with Crippen LogP contribution in [0.25, 0.3) is 0 Å². The molecule has 1 amide bonds. The number of carbonyl (C=O) groups excluding carboxylic acids is 1. The minimum atomic E-state index is -1.19. The number of hydrogen-bond acceptors (Lipinski definition) is 2. The highest BCUT2D eigenvalue weighted by molar-refractivity contribution is 9.10. The van der Waals surface area contributed by atoms with Gasteiger partial charge in [0.15, 0.2) is 0 Å². The average molecular weight is 320 g/mol. The standard InChI is InChI=1S/C12H12BrF2NO2/c13-9-6-7(14)5-8(10(9)15)12(11(16)17)1-3-18-4-2-12/h5-6H,1-4H2,(H2,16,17). The molecule has 3 nitrogen and oxygen atoms in total. The maximum Gasteiger partial charge on any atom is 0.228 e. The number of hydrogen-bond donors (Lipinski definition) is 1. The van der Waals surface area contributed by atoms with E-state index in [4.69, 9.17) is 10.5 Å². The molecule has 1 saturated heterocycles. The number of benzene rings is 1. The Hall–Kier alpha value is -1.01. The summed E-state index contributed by atoms with van der Waals surface area (Å²) in [5.74, 6) is -1.90. The fraction of sp³-hybridized carbons (Fsp3) is 0.417. The minimum Gasteiger partial charge on any atom is -0.381 e. The van der Waals surface area contributed by atoms with Crippen molar-refractivity contribution >= 4 is 21.8 Å². The Morgan fingerprint density at radius 2 is 1.94 bits per heavy atom. The lowest BCUT2D eigenvalue weighted by Crippen LogP contribution is -2.46. The van der Waals surface area contributed by atoms with Gasteiger partial charge in [-0.25, -0.2) is 8.78 Å². The molecule has 0 atom stereocenters. The molecule has 0 saturated carbocycles. The van der Waals surface area contributed by atoms with Crippen LogP contribution in [0.1, 0.15) is 18.4 Å². The number of primary amides is 1. The molecule has 2 rings (SSSR count). The van der Waals surface area contributed by atoms with E-state index in [9.17, 15) is 13.6 Å². The Morgan fingerprint density at radius 3 is 2.50 bits per heavy atom. The molecule has 0 spiro atoms. The highest BCUT2D eigenvalue weighted by Crippen LogP contribution is 2.38. The smallest absolute Gasteiger partial charge is 0.228 e. The molecule has 1 aliphatic rings. The van der Waals surface area contributed by atoms with Crippen molar-refractivity contribution in [1.29, 1.82) is 0 Å². The number of rotatable bonds is 2.